The van der Waals surface area contributed by atoms with Crippen LogP contribution in [-0.2, 0) is 22.7 Å². The summed E-state index contributed by atoms with van der Waals surface area (Å²) >= 11 is 0. The summed E-state index contributed by atoms with van der Waals surface area (Å²) in [4.78, 5) is 27.4. The quantitative estimate of drug-likeness (QED) is 0.831. The zero-order chi connectivity index (χ0) is 16.7. The van der Waals surface area contributed by atoms with Crippen molar-refractivity contribution in [3.63, 3.8) is 0 Å². The highest BCUT2D eigenvalue weighted by Gasteiger charge is 2.12. The first-order valence-corrected chi connectivity index (χ1v) is 7.60. The molecule has 5 nitrogen and oxygen atoms in total. The van der Waals surface area contributed by atoms with Crippen molar-refractivity contribution < 1.29 is 9.59 Å². The Hall–Kier alpha value is -2.69. The molecule has 0 atom stereocenters. The maximum atomic E-state index is 11.8. The SMILES string of the molecule is CC(C)c1ccc(CNC(=O)C(=O)NCc2ccncc2)cc1. The Balaban J connectivity index is 1.78. The normalized spacial score (nSPS) is 10.4. The molecule has 0 fully saturated rings. The van der Waals surface area contributed by atoms with E-state index in [1.165, 1.54) is 5.56 Å². The molecule has 0 saturated carbocycles. The summed E-state index contributed by atoms with van der Waals surface area (Å²) in [5, 5.41) is 5.20. The van der Waals surface area contributed by atoms with Crippen LogP contribution in [0.1, 0.15) is 36.5 Å². The molecule has 2 N–H and O–H groups in total. The lowest BCUT2D eigenvalue weighted by Gasteiger charge is -2.08. The first-order valence-electron chi connectivity index (χ1n) is 7.60. The van der Waals surface area contributed by atoms with Crippen molar-refractivity contribution in [3.8, 4) is 0 Å². The van der Waals surface area contributed by atoms with Gasteiger partial charge in [0.2, 0.25) is 0 Å². The Morgan fingerprint density at radius 3 is 1.83 bits per heavy atom. The van der Waals surface area contributed by atoms with Crippen LogP contribution in [0.25, 0.3) is 0 Å². The number of carbonyl (C=O) groups excluding carboxylic acids is 2. The minimum absolute atomic E-state index is 0.303. The van der Waals surface area contributed by atoms with Gasteiger partial charge in [-0.3, -0.25) is 14.6 Å². The summed E-state index contributed by atoms with van der Waals surface area (Å²) in [7, 11) is 0. The van der Waals surface area contributed by atoms with E-state index in [2.05, 4.69) is 29.5 Å². The molecule has 0 saturated heterocycles. The largest absolute Gasteiger partial charge is 0.344 e. The van der Waals surface area contributed by atoms with E-state index in [4.69, 9.17) is 0 Å². The van der Waals surface area contributed by atoms with E-state index in [-0.39, 0.29) is 0 Å². The van der Waals surface area contributed by atoms with Crippen LogP contribution in [0.3, 0.4) is 0 Å². The number of amides is 2. The molecule has 2 rings (SSSR count). The van der Waals surface area contributed by atoms with Crippen LogP contribution < -0.4 is 10.6 Å². The van der Waals surface area contributed by atoms with Crippen molar-refractivity contribution >= 4 is 11.8 Å². The third-order valence-electron chi connectivity index (χ3n) is 3.51. The van der Waals surface area contributed by atoms with Gasteiger partial charge in [-0.2, -0.15) is 0 Å². The summed E-state index contributed by atoms with van der Waals surface area (Å²) in [5.41, 5.74) is 3.10. The highest BCUT2D eigenvalue weighted by Crippen LogP contribution is 2.14. The van der Waals surface area contributed by atoms with Gasteiger partial charge in [0.1, 0.15) is 0 Å². The summed E-state index contributed by atoms with van der Waals surface area (Å²) < 4.78 is 0. The molecule has 1 aromatic carbocycles. The molecule has 0 aliphatic heterocycles. The van der Waals surface area contributed by atoms with Crippen molar-refractivity contribution in [3.05, 3.63) is 65.5 Å². The van der Waals surface area contributed by atoms with Crippen LogP contribution in [0.15, 0.2) is 48.8 Å². The number of hydrogen-bond donors (Lipinski definition) is 2. The van der Waals surface area contributed by atoms with Gasteiger partial charge in [0.15, 0.2) is 0 Å². The molecule has 120 valence electrons. The van der Waals surface area contributed by atoms with Crippen molar-refractivity contribution in [2.75, 3.05) is 0 Å². The molecular formula is C18H21N3O2. The Kier molecular flexibility index (Phi) is 5.86. The summed E-state index contributed by atoms with van der Waals surface area (Å²) in [6.07, 6.45) is 3.28. The first-order chi connectivity index (χ1) is 11.1. The number of benzene rings is 1. The molecular weight excluding hydrogens is 290 g/mol. The van der Waals surface area contributed by atoms with Gasteiger partial charge in [0, 0.05) is 25.5 Å². The van der Waals surface area contributed by atoms with Crippen LogP contribution in [0.5, 0.6) is 0 Å². The van der Waals surface area contributed by atoms with E-state index in [1.54, 1.807) is 24.5 Å². The van der Waals surface area contributed by atoms with Crippen LogP contribution >= 0.6 is 0 Å². The van der Waals surface area contributed by atoms with E-state index in [0.29, 0.717) is 19.0 Å². The number of rotatable bonds is 5. The molecule has 0 radical (unpaired) electrons. The third-order valence-corrected chi connectivity index (χ3v) is 3.51. The van der Waals surface area contributed by atoms with Gasteiger partial charge >= 0.3 is 11.8 Å². The fourth-order valence-electron chi connectivity index (χ4n) is 2.05. The Labute approximate surface area is 136 Å². The second-order valence-corrected chi connectivity index (χ2v) is 5.62. The first kappa shape index (κ1) is 16.7. The van der Waals surface area contributed by atoms with Crippen LogP contribution in [0.4, 0.5) is 0 Å². The predicted molar refractivity (Wildman–Crippen MR) is 88.5 cm³/mol. The van der Waals surface area contributed by atoms with Gasteiger partial charge in [0.05, 0.1) is 0 Å². The lowest BCUT2D eigenvalue weighted by molar-refractivity contribution is -0.139. The monoisotopic (exact) mass is 311 g/mol. The average Bonchev–Trinajstić information content (AvgIpc) is 2.58. The molecule has 0 bridgehead atoms. The van der Waals surface area contributed by atoms with Gasteiger partial charge < -0.3 is 10.6 Å². The molecule has 1 heterocycles. The Bertz CT molecular complexity index is 652. The zero-order valence-corrected chi connectivity index (χ0v) is 13.4. The van der Waals surface area contributed by atoms with Crippen LogP contribution in [-0.4, -0.2) is 16.8 Å². The molecule has 2 amide bonds. The maximum absolute atomic E-state index is 11.8. The van der Waals surface area contributed by atoms with E-state index in [0.717, 1.165) is 11.1 Å². The molecule has 0 aliphatic carbocycles. The topological polar surface area (TPSA) is 71.1 Å². The highest BCUT2D eigenvalue weighted by atomic mass is 16.2. The van der Waals surface area contributed by atoms with Gasteiger partial charge in [-0.25, -0.2) is 0 Å². The summed E-state index contributed by atoms with van der Waals surface area (Å²) in [6, 6.07) is 11.6. The standard InChI is InChI=1S/C18H21N3O2/c1-13(2)16-5-3-14(4-6-16)11-20-17(22)18(23)21-12-15-7-9-19-10-8-15/h3-10,13H,11-12H2,1-2H3,(H,20,22)(H,21,23). The minimum atomic E-state index is -0.638. The smallest absolute Gasteiger partial charge is 0.309 e. The number of pyridine rings is 1. The number of aromatic nitrogens is 1. The fourth-order valence-corrected chi connectivity index (χ4v) is 2.05. The third kappa shape index (κ3) is 5.21. The van der Waals surface area contributed by atoms with Gasteiger partial charge in [-0.05, 0) is 34.7 Å². The van der Waals surface area contributed by atoms with Gasteiger partial charge in [-0.1, -0.05) is 38.1 Å². The van der Waals surface area contributed by atoms with E-state index >= 15 is 0 Å². The maximum Gasteiger partial charge on any atom is 0.309 e. The number of nitrogens with one attached hydrogen (secondary N) is 2. The van der Waals surface area contributed by atoms with E-state index in [9.17, 15) is 9.59 Å². The number of hydrogen-bond acceptors (Lipinski definition) is 3. The number of nitrogens with zero attached hydrogens (tertiary/aromatic N) is 1. The minimum Gasteiger partial charge on any atom is -0.344 e. The Morgan fingerprint density at radius 1 is 0.870 bits per heavy atom. The second kappa shape index (κ2) is 8.08. The Morgan fingerprint density at radius 2 is 1.35 bits per heavy atom. The number of carbonyl (C=O) groups is 2. The van der Waals surface area contributed by atoms with Gasteiger partial charge in [0.25, 0.3) is 0 Å². The molecule has 1 aromatic heterocycles. The molecule has 23 heavy (non-hydrogen) atoms. The molecule has 0 unspecified atom stereocenters. The van der Waals surface area contributed by atoms with Crippen molar-refractivity contribution in [1.29, 1.82) is 0 Å². The summed E-state index contributed by atoms with van der Waals surface area (Å²) in [6.45, 7) is 4.89. The predicted octanol–water partition coefficient (Wildman–Crippen LogP) is 2.14. The summed E-state index contributed by atoms with van der Waals surface area (Å²) in [5.74, 6) is -0.801. The van der Waals surface area contributed by atoms with Crippen molar-refractivity contribution in [2.45, 2.75) is 32.9 Å². The lowest BCUT2D eigenvalue weighted by atomic mass is 10.0. The second-order valence-electron chi connectivity index (χ2n) is 5.62. The molecule has 0 aliphatic rings. The van der Waals surface area contributed by atoms with Crippen molar-refractivity contribution in [1.82, 2.24) is 15.6 Å². The van der Waals surface area contributed by atoms with E-state index < -0.39 is 11.8 Å². The highest BCUT2D eigenvalue weighted by molar-refractivity contribution is 6.35. The fraction of sp³-hybridized carbons (Fsp3) is 0.278. The van der Waals surface area contributed by atoms with Crippen LogP contribution in [0.2, 0.25) is 0 Å². The van der Waals surface area contributed by atoms with Gasteiger partial charge in [-0.15, -0.1) is 0 Å². The van der Waals surface area contributed by atoms with Crippen molar-refractivity contribution in [2.24, 2.45) is 0 Å². The van der Waals surface area contributed by atoms with Crippen LogP contribution in [0, 0.1) is 0 Å². The average molecular weight is 311 g/mol. The lowest BCUT2D eigenvalue weighted by Crippen LogP contribution is -2.39. The zero-order valence-electron chi connectivity index (χ0n) is 13.4. The van der Waals surface area contributed by atoms with E-state index in [1.807, 2.05) is 24.3 Å². The molecule has 5 heteroatoms. The molecule has 2 aromatic rings. The molecule has 0 spiro atoms.